The van der Waals surface area contributed by atoms with Gasteiger partial charge in [0.05, 0.1) is 12.4 Å². The van der Waals surface area contributed by atoms with Crippen LogP contribution in [0.3, 0.4) is 0 Å². The van der Waals surface area contributed by atoms with Gasteiger partial charge in [0.15, 0.2) is 0 Å². The van der Waals surface area contributed by atoms with Crippen molar-refractivity contribution in [2.75, 3.05) is 6.61 Å². The quantitative estimate of drug-likeness (QED) is 0.149. The highest BCUT2D eigenvalue weighted by molar-refractivity contribution is 7.45. The smallest absolute Gasteiger partial charge is 0.466 e. The third kappa shape index (κ3) is 38.9. The summed E-state index contributed by atoms with van der Waals surface area (Å²) < 4.78 is 14.2. The van der Waals surface area contributed by atoms with Crippen LogP contribution in [0.1, 0.15) is 110 Å². The molecule has 0 amide bonds. The van der Waals surface area contributed by atoms with Crippen molar-refractivity contribution in [3.05, 3.63) is 12.3 Å². The Bertz CT molecular complexity index is 333. The molecule has 158 valence electrons. The molecule has 0 rings (SSSR count). The van der Waals surface area contributed by atoms with E-state index in [9.17, 15) is 0 Å². The van der Waals surface area contributed by atoms with Crippen molar-refractivity contribution in [2.24, 2.45) is 0 Å². The van der Waals surface area contributed by atoms with Crippen molar-refractivity contribution in [2.45, 2.75) is 110 Å². The summed E-state index contributed by atoms with van der Waals surface area (Å²) in [6.45, 7) is 8.80. The van der Waals surface area contributed by atoms with Gasteiger partial charge in [0.25, 0.3) is 0 Å². The van der Waals surface area contributed by atoms with E-state index in [4.69, 9.17) is 24.0 Å². The zero-order valence-electron chi connectivity index (χ0n) is 17.1. The molecule has 0 spiro atoms. The number of hydrogen-bond acceptors (Lipinski definition) is 2. The molecule has 0 aliphatic carbocycles. The zero-order chi connectivity index (χ0) is 20.1. The minimum absolute atomic E-state index is 0.848. The fourth-order valence-electron chi connectivity index (χ4n) is 2.72. The van der Waals surface area contributed by atoms with Crippen molar-refractivity contribution < 1.29 is 24.0 Å². The maximum absolute atomic E-state index is 8.88. The van der Waals surface area contributed by atoms with Crippen LogP contribution in [0.5, 0.6) is 0 Å². The molecule has 0 bridgehead atoms. The largest absolute Gasteiger partial charge is 0.499 e. The van der Waals surface area contributed by atoms with Crippen molar-refractivity contribution >= 4 is 7.82 Å². The molecule has 0 radical (unpaired) electrons. The maximum Gasteiger partial charge on any atom is 0.466 e. The van der Waals surface area contributed by atoms with E-state index < -0.39 is 7.82 Å². The van der Waals surface area contributed by atoms with Gasteiger partial charge >= 0.3 is 7.82 Å². The van der Waals surface area contributed by atoms with Crippen LogP contribution in [0.4, 0.5) is 0 Å². The first-order valence-electron chi connectivity index (χ1n) is 10.3. The van der Waals surface area contributed by atoms with E-state index in [-0.39, 0.29) is 0 Å². The van der Waals surface area contributed by atoms with Gasteiger partial charge in [-0.05, 0) is 13.3 Å². The summed E-state index contributed by atoms with van der Waals surface area (Å²) in [7, 11) is -4.64. The maximum atomic E-state index is 8.88. The summed E-state index contributed by atoms with van der Waals surface area (Å²) in [6, 6.07) is 0. The number of hydrogen-bond donors (Lipinski definition) is 3. The van der Waals surface area contributed by atoms with E-state index in [0.717, 1.165) is 12.4 Å². The highest BCUT2D eigenvalue weighted by Gasteiger charge is 2.00. The average Bonchev–Trinajstić information content (AvgIpc) is 2.52. The second-order valence-corrected chi connectivity index (χ2v) is 8.04. The van der Waals surface area contributed by atoms with Crippen LogP contribution >= 0.6 is 7.82 Å². The summed E-state index contributed by atoms with van der Waals surface area (Å²) >= 11 is 0. The first kappa shape index (κ1) is 27.9. The van der Waals surface area contributed by atoms with E-state index in [1.165, 1.54) is 96.3 Å². The predicted molar refractivity (Wildman–Crippen MR) is 110 cm³/mol. The van der Waals surface area contributed by atoms with E-state index >= 15 is 0 Å². The highest BCUT2D eigenvalue weighted by Crippen LogP contribution is 2.25. The molecular formula is C20H43O5P. The molecule has 0 aromatic heterocycles. The molecule has 0 aromatic rings. The predicted octanol–water partition coefficient (Wildman–Crippen LogP) is 6.48. The molecule has 0 atom stereocenters. The second-order valence-electron chi connectivity index (χ2n) is 7.01. The molecule has 0 aromatic carbocycles. The highest BCUT2D eigenvalue weighted by atomic mass is 31.2. The molecule has 0 unspecified atom stereocenters. The van der Waals surface area contributed by atoms with Gasteiger partial charge in [-0.25, -0.2) is 4.57 Å². The summed E-state index contributed by atoms with van der Waals surface area (Å²) in [5, 5.41) is 0. The lowest BCUT2D eigenvalue weighted by Gasteiger charge is -2.05. The van der Waals surface area contributed by atoms with Crippen molar-refractivity contribution in [3.8, 4) is 0 Å². The second kappa shape index (κ2) is 21.0. The molecule has 5 nitrogen and oxygen atoms in total. The zero-order valence-corrected chi connectivity index (χ0v) is 18.0. The van der Waals surface area contributed by atoms with Crippen LogP contribution in [0.25, 0.3) is 0 Å². The van der Waals surface area contributed by atoms with Gasteiger partial charge in [0, 0.05) is 0 Å². The number of allylic oxidation sites excluding steroid dienone is 1. The van der Waals surface area contributed by atoms with Crippen LogP contribution < -0.4 is 0 Å². The number of unbranched alkanes of at least 4 members (excludes halogenated alkanes) is 14. The Labute approximate surface area is 161 Å². The van der Waals surface area contributed by atoms with E-state index in [1.807, 2.05) is 6.92 Å². The summed E-state index contributed by atoms with van der Waals surface area (Å²) in [5.41, 5.74) is 0. The Morgan fingerprint density at radius 2 is 1.00 bits per heavy atom. The summed E-state index contributed by atoms with van der Waals surface area (Å²) in [4.78, 5) is 21.6. The van der Waals surface area contributed by atoms with Gasteiger partial charge in [-0.2, -0.15) is 0 Å². The molecule has 0 fully saturated rings. The topological polar surface area (TPSA) is 87.0 Å². The van der Waals surface area contributed by atoms with Crippen LogP contribution in [0.15, 0.2) is 12.3 Å². The molecule has 6 heteroatoms. The van der Waals surface area contributed by atoms with Gasteiger partial charge in [-0.15, -0.1) is 0 Å². The van der Waals surface area contributed by atoms with Crippen LogP contribution in [0.2, 0.25) is 0 Å². The molecule has 0 saturated carbocycles. The summed E-state index contributed by atoms with van der Waals surface area (Å²) in [6.07, 6.45) is 21.2. The number of rotatable bonds is 17. The van der Waals surface area contributed by atoms with Gasteiger partial charge in [0.1, 0.15) is 0 Å². The van der Waals surface area contributed by atoms with E-state index in [2.05, 4.69) is 13.5 Å². The Hall–Kier alpha value is -0.350. The normalized spacial score (nSPS) is 11.0. The molecule has 3 N–H and O–H groups in total. The molecule has 0 saturated heterocycles. The average molecular weight is 395 g/mol. The van der Waals surface area contributed by atoms with Crippen LogP contribution in [-0.2, 0) is 9.30 Å². The van der Waals surface area contributed by atoms with E-state index in [0.29, 0.717) is 0 Å². The molecule has 0 heterocycles. The Morgan fingerprint density at radius 3 is 1.27 bits per heavy atom. The molecule has 26 heavy (non-hydrogen) atoms. The Balaban J connectivity index is 0. The Kier molecular flexibility index (Phi) is 22.5. The van der Waals surface area contributed by atoms with Crippen molar-refractivity contribution in [3.63, 3.8) is 0 Å². The SMILES string of the molecule is C=C(C)OCCCCCCCCCCCCCCCCC.O=P(O)(O)O. The standard InChI is InChI=1S/C20H40O.H3O4P/c1-4-5-6-7-8-9-10-11-12-13-14-15-16-17-18-19-21-20(2)3;1-5(2,3)4/h2,4-19H2,1,3H3;(H3,1,2,3,4). The van der Waals surface area contributed by atoms with Crippen molar-refractivity contribution in [1.29, 1.82) is 0 Å². The third-order valence-electron chi connectivity index (χ3n) is 4.10. The molecule has 0 aliphatic rings. The van der Waals surface area contributed by atoms with Gasteiger partial charge in [-0.3, -0.25) is 0 Å². The molecule has 0 aliphatic heterocycles. The lowest BCUT2D eigenvalue weighted by atomic mass is 10.0. The number of phosphoric acid groups is 1. The fourth-order valence-corrected chi connectivity index (χ4v) is 2.72. The molecular weight excluding hydrogens is 351 g/mol. The monoisotopic (exact) mass is 394 g/mol. The third-order valence-corrected chi connectivity index (χ3v) is 4.10. The van der Waals surface area contributed by atoms with Gasteiger partial charge in [-0.1, -0.05) is 103 Å². The van der Waals surface area contributed by atoms with Crippen LogP contribution in [-0.4, -0.2) is 21.3 Å². The fraction of sp³-hybridized carbons (Fsp3) is 0.900. The van der Waals surface area contributed by atoms with E-state index in [1.54, 1.807) is 0 Å². The lowest BCUT2D eigenvalue weighted by molar-refractivity contribution is 0.208. The minimum atomic E-state index is -4.64. The first-order valence-corrected chi connectivity index (χ1v) is 11.9. The number of ether oxygens (including phenoxy) is 1. The van der Waals surface area contributed by atoms with Crippen molar-refractivity contribution in [1.82, 2.24) is 0 Å². The summed E-state index contributed by atoms with van der Waals surface area (Å²) in [5.74, 6) is 0.848. The van der Waals surface area contributed by atoms with Gasteiger partial charge < -0.3 is 19.4 Å². The van der Waals surface area contributed by atoms with Gasteiger partial charge in [0.2, 0.25) is 0 Å². The first-order chi connectivity index (χ1) is 12.3. The lowest BCUT2D eigenvalue weighted by Crippen LogP contribution is -1.91. The van der Waals surface area contributed by atoms with Crippen LogP contribution in [0, 0.1) is 0 Å². The minimum Gasteiger partial charge on any atom is -0.499 e. The Morgan fingerprint density at radius 1 is 0.731 bits per heavy atom.